The Bertz CT molecular complexity index is 822. The number of nitrogens with one attached hydrogen (secondary N) is 2. The van der Waals surface area contributed by atoms with Crippen LogP contribution >= 0.6 is 35.3 Å². The average Bonchev–Trinajstić information content (AvgIpc) is 3.21. The van der Waals surface area contributed by atoms with Gasteiger partial charge in [0, 0.05) is 43.5 Å². The Hall–Kier alpha value is -1.49. The minimum absolute atomic E-state index is 0. The lowest BCUT2D eigenvalue weighted by atomic mass is 10.2. The first-order valence-corrected chi connectivity index (χ1v) is 10.5. The molecule has 5 nitrogen and oxygen atoms in total. The van der Waals surface area contributed by atoms with Gasteiger partial charge in [-0.05, 0) is 39.3 Å². The Morgan fingerprint density at radius 1 is 1.31 bits per heavy atom. The normalized spacial score (nSPS) is 16.7. The monoisotopic (exact) mass is 535 g/mol. The largest absolute Gasteiger partial charge is 0.365 e. The summed E-state index contributed by atoms with van der Waals surface area (Å²) >= 11 is 1.71. The second-order valence-corrected chi connectivity index (χ2v) is 8.19. The van der Waals surface area contributed by atoms with Crippen LogP contribution in [0, 0.1) is 25.5 Å². The smallest absolute Gasteiger partial charge is 0.191 e. The van der Waals surface area contributed by atoms with Gasteiger partial charge in [-0.15, -0.1) is 35.3 Å². The van der Waals surface area contributed by atoms with Gasteiger partial charge in [-0.3, -0.25) is 4.99 Å². The average molecular weight is 535 g/mol. The fourth-order valence-corrected chi connectivity index (χ4v) is 4.39. The Labute approximate surface area is 192 Å². The Balaban J connectivity index is 0.00000300. The van der Waals surface area contributed by atoms with Crippen LogP contribution in [0.2, 0.25) is 0 Å². The third-order valence-corrected chi connectivity index (χ3v) is 5.87. The molecule has 2 N–H and O–H groups in total. The van der Waals surface area contributed by atoms with Gasteiger partial charge in [-0.1, -0.05) is 6.07 Å². The van der Waals surface area contributed by atoms with E-state index in [9.17, 15) is 8.78 Å². The number of aryl methyl sites for hydroxylation is 2. The molecule has 2 aromatic rings. The van der Waals surface area contributed by atoms with Crippen LogP contribution in [0.15, 0.2) is 23.2 Å². The third kappa shape index (κ3) is 6.24. The maximum atomic E-state index is 14.0. The first kappa shape index (κ1) is 23.8. The summed E-state index contributed by atoms with van der Waals surface area (Å²) in [5.41, 5.74) is 1.14. The van der Waals surface area contributed by atoms with Crippen LogP contribution in [0.25, 0.3) is 0 Å². The molecule has 2 heterocycles. The summed E-state index contributed by atoms with van der Waals surface area (Å²) in [6.45, 7) is 8.62. The van der Waals surface area contributed by atoms with Gasteiger partial charge in [0.1, 0.15) is 17.3 Å². The summed E-state index contributed by atoms with van der Waals surface area (Å²) in [6, 6.07) is 4.08. The van der Waals surface area contributed by atoms with E-state index in [4.69, 9.17) is 0 Å². The minimum Gasteiger partial charge on any atom is -0.365 e. The van der Waals surface area contributed by atoms with Crippen molar-refractivity contribution in [2.45, 2.75) is 39.7 Å². The van der Waals surface area contributed by atoms with Gasteiger partial charge in [0.2, 0.25) is 0 Å². The lowest BCUT2D eigenvalue weighted by Crippen LogP contribution is -2.44. The standard InChI is InChI=1S/C20H27F2N5S.HI/c1-4-23-20(24-10-8-18-13(2)25-14(3)28-18)26-15-9-11-27(12-15)19-16(21)6-5-7-17(19)22;/h5-7,15H,4,8-12H2,1-3H3,(H2,23,24,26);1H. The summed E-state index contributed by atoms with van der Waals surface area (Å²) in [7, 11) is 0. The fraction of sp³-hybridized carbons (Fsp3) is 0.500. The summed E-state index contributed by atoms with van der Waals surface area (Å²) in [6.07, 6.45) is 1.65. The van der Waals surface area contributed by atoms with Crippen LogP contribution in [-0.2, 0) is 6.42 Å². The molecule has 1 saturated heterocycles. The summed E-state index contributed by atoms with van der Waals surface area (Å²) in [4.78, 5) is 12.1. The molecule has 1 aliphatic heterocycles. The first-order chi connectivity index (χ1) is 13.5. The molecular formula is C20H28F2IN5S. The van der Waals surface area contributed by atoms with Crippen molar-refractivity contribution in [1.29, 1.82) is 0 Å². The molecule has 1 aromatic carbocycles. The predicted octanol–water partition coefficient (Wildman–Crippen LogP) is 4.03. The molecule has 1 aromatic heterocycles. The number of halogens is 3. The van der Waals surface area contributed by atoms with Crippen LogP contribution in [0.1, 0.15) is 28.9 Å². The van der Waals surface area contributed by atoms with Crippen LogP contribution < -0.4 is 15.5 Å². The number of para-hydroxylation sites is 1. The van der Waals surface area contributed by atoms with E-state index in [1.165, 1.54) is 23.1 Å². The summed E-state index contributed by atoms with van der Waals surface area (Å²) in [5.74, 6) is -0.296. The van der Waals surface area contributed by atoms with Crippen molar-refractivity contribution in [2.24, 2.45) is 4.99 Å². The molecule has 0 aliphatic carbocycles. The first-order valence-electron chi connectivity index (χ1n) is 9.64. The third-order valence-electron chi connectivity index (χ3n) is 4.74. The maximum Gasteiger partial charge on any atom is 0.191 e. The van der Waals surface area contributed by atoms with Gasteiger partial charge < -0.3 is 15.5 Å². The molecule has 0 radical (unpaired) electrons. The number of hydrogen-bond donors (Lipinski definition) is 2. The van der Waals surface area contributed by atoms with E-state index in [2.05, 4.69) is 20.6 Å². The minimum atomic E-state index is -0.517. The molecule has 9 heteroatoms. The number of guanidine groups is 1. The van der Waals surface area contributed by atoms with E-state index in [1.807, 2.05) is 20.8 Å². The van der Waals surface area contributed by atoms with E-state index in [1.54, 1.807) is 16.2 Å². The highest BCUT2D eigenvalue weighted by Gasteiger charge is 2.27. The highest BCUT2D eigenvalue weighted by molar-refractivity contribution is 14.0. The molecule has 1 unspecified atom stereocenters. The molecule has 0 spiro atoms. The zero-order chi connectivity index (χ0) is 20.1. The van der Waals surface area contributed by atoms with E-state index in [0.29, 0.717) is 19.6 Å². The second kappa shape index (κ2) is 11.1. The molecule has 1 fully saturated rings. The van der Waals surface area contributed by atoms with Crippen LogP contribution in [0.4, 0.5) is 14.5 Å². The number of anilines is 1. The van der Waals surface area contributed by atoms with E-state index >= 15 is 0 Å². The number of aromatic nitrogens is 1. The number of aliphatic imine (C=N–C) groups is 1. The Morgan fingerprint density at radius 3 is 2.66 bits per heavy atom. The maximum absolute atomic E-state index is 14.0. The molecular weight excluding hydrogens is 507 g/mol. The van der Waals surface area contributed by atoms with Gasteiger partial charge >= 0.3 is 0 Å². The van der Waals surface area contributed by atoms with Gasteiger partial charge in [-0.2, -0.15) is 0 Å². The van der Waals surface area contributed by atoms with Crippen molar-refractivity contribution in [3.8, 4) is 0 Å². The number of thiazole rings is 1. The quantitative estimate of drug-likeness (QED) is 0.333. The number of rotatable bonds is 6. The number of benzene rings is 1. The molecule has 0 bridgehead atoms. The number of hydrogen-bond acceptors (Lipinski definition) is 4. The van der Waals surface area contributed by atoms with Crippen LogP contribution in [0.5, 0.6) is 0 Å². The summed E-state index contributed by atoms with van der Waals surface area (Å²) < 4.78 is 28.1. The predicted molar refractivity (Wildman–Crippen MR) is 127 cm³/mol. The van der Waals surface area contributed by atoms with E-state index in [0.717, 1.165) is 36.0 Å². The topological polar surface area (TPSA) is 52.6 Å². The zero-order valence-electron chi connectivity index (χ0n) is 17.0. The van der Waals surface area contributed by atoms with Gasteiger partial charge in [0.25, 0.3) is 0 Å². The highest BCUT2D eigenvalue weighted by atomic mass is 127. The summed E-state index contributed by atoms with van der Waals surface area (Å²) in [5, 5.41) is 7.73. The van der Waals surface area contributed by atoms with Crippen LogP contribution in [0.3, 0.4) is 0 Å². The van der Waals surface area contributed by atoms with Gasteiger partial charge in [-0.25, -0.2) is 13.8 Å². The molecule has 1 aliphatic rings. The Kier molecular flexibility index (Phi) is 9.06. The molecule has 29 heavy (non-hydrogen) atoms. The molecule has 0 saturated carbocycles. The van der Waals surface area contributed by atoms with Crippen LogP contribution in [-0.4, -0.2) is 43.2 Å². The van der Waals surface area contributed by atoms with Crippen molar-refractivity contribution in [2.75, 3.05) is 31.1 Å². The highest BCUT2D eigenvalue weighted by Crippen LogP contribution is 2.26. The van der Waals surface area contributed by atoms with Crippen molar-refractivity contribution in [3.05, 3.63) is 45.4 Å². The molecule has 3 rings (SSSR count). The van der Waals surface area contributed by atoms with E-state index < -0.39 is 11.6 Å². The SMILES string of the molecule is CCNC(=NCCc1sc(C)nc1C)NC1CCN(c2c(F)cccc2F)C1.I. The second-order valence-electron chi connectivity index (χ2n) is 6.90. The fourth-order valence-electron chi connectivity index (χ4n) is 3.46. The van der Waals surface area contributed by atoms with Gasteiger partial charge in [0.05, 0.1) is 10.7 Å². The zero-order valence-corrected chi connectivity index (χ0v) is 20.1. The van der Waals surface area contributed by atoms with Crippen molar-refractivity contribution in [3.63, 3.8) is 0 Å². The van der Waals surface area contributed by atoms with Crippen molar-refractivity contribution in [1.82, 2.24) is 15.6 Å². The lowest BCUT2D eigenvalue weighted by Gasteiger charge is -2.21. The Morgan fingerprint density at radius 2 is 2.03 bits per heavy atom. The van der Waals surface area contributed by atoms with Gasteiger partial charge in [0.15, 0.2) is 5.96 Å². The number of nitrogens with zero attached hydrogens (tertiary/aromatic N) is 3. The lowest BCUT2D eigenvalue weighted by molar-refractivity contribution is 0.576. The molecule has 0 amide bonds. The molecule has 160 valence electrons. The molecule has 1 atom stereocenters. The van der Waals surface area contributed by atoms with Crippen molar-refractivity contribution < 1.29 is 8.78 Å². The van der Waals surface area contributed by atoms with E-state index in [-0.39, 0.29) is 35.7 Å². The van der Waals surface area contributed by atoms with Crippen molar-refractivity contribution >= 4 is 47.0 Å².